The van der Waals surface area contributed by atoms with Gasteiger partial charge in [0, 0.05) is 18.9 Å². The Morgan fingerprint density at radius 2 is 1.52 bits per heavy atom. The summed E-state index contributed by atoms with van der Waals surface area (Å²) in [5.74, 6) is -0.720. The minimum Gasteiger partial charge on any atom is -0.466 e. The Morgan fingerprint density at radius 1 is 0.897 bits per heavy atom. The molecule has 0 aliphatic rings. The van der Waals surface area contributed by atoms with E-state index in [1.165, 1.54) is 69.2 Å². The maximum Gasteiger partial charge on any atom is 0.311 e. The number of carbonyl (C=O) groups excluding carboxylic acids is 2. The Hall–Kier alpha value is -2.44. The van der Waals surface area contributed by atoms with Crippen molar-refractivity contribution in [1.29, 1.82) is 0 Å². The molecule has 0 heterocycles. The van der Waals surface area contributed by atoms with Crippen molar-refractivity contribution in [3.63, 3.8) is 0 Å². The maximum absolute atomic E-state index is 11.8. The zero-order valence-electron chi connectivity index (χ0n) is 17.4. The second-order valence-electron chi connectivity index (χ2n) is 7.13. The first-order valence-electron chi connectivity index (χ1n) is 10.6. The van der Waals surface area contributed by atoms with Crippen LogP contribution in [-0.4, -0.2) is 23.5 Å². The number of benzene rings is 1. The van der Waals surface area contributed by atoms with E-state index in [0.29, 0.717) is 13.0 Å². The molecule has 0 radical (unpaired) electrons. The van der Waals surface area contributed by atoms with Gasteiger partial charge in [0.1, 0.15) is 5.75 Å². The first-order valence-corrected chi connectivity index (χ1v) is 10.6. The largest absolute Gasteiger partial charge is 0.466 e. The molecule has 0 aliphatic carbocycles. The third-order valence-corrected chi connectivity index (χ3v) is 4.53. The normalized spacial score (nSPS) is 10.5. The van der Waals surface area contributed by atoms with E-state index < -0.39 is 10.9 Å². The minimum atomic E-state index is -0.555. The summed E-state index contributed by atoms with van der Waals surface area (Å²) in [6.07, 6.45) is 11.4. The molecule has 1 rings (SSSR count). The second-order valence-corrected chi connectivity index (χ2v) is 7.13. The number of nitro benzene ring substituents is 1. The number of hydrogen-bond donors (Lipinski definition) is 0. The van der Waals surface area contributed by atoms with Gasteiger partial charge in [-0.05, 0) is 18.9 Å². The van der Waals surface area contributed by atoms with Crippen LogP contribution in [0.1, 0.15) is 84.0 Å². The van der Waals surface area contributed by atoms with E-state index in [4.69, 9.17) is 9.47 Å². The second kappa shape index (κ2) is 15.5. The van der Waals surface area contributed by atoms with Crippen molar-refractivity contribution in [3.8, 4) is 5.75 Å². The van der Waals surface area contributed by atoms with E-state index in [1.807, 2.05) is 0 Å². The molecule has 0 saturated heterocycles. The Morgan fingerprint density at radius 3 is 2.17 bits per heavy atom. The van der Waals surface area contributed by atoms with Gasteiger partial charge >= 0.3 is 11.9 Å². The molecule has 29 heavy (non-hydrogen) atoms. The highest BCUT2D eigenvalue weighted by Crippen LogP contribution is 2.19. The third kappa shape index (κ3) is 12.6. The summed E-state index contributed by atoms with van der Waals surface area (Å²) in [5, 5.41) is 10.7. The summed E-state index contributed by atoms with van der Waals surface area (Å²) in [6, 6.07) is 5.44. The van der Waals surface area contributed by atoms with Gasteiger partial charge in [0.25, 0.3) is 5.69 Å². The van der Waals surface area contributed by atoms with Crippen LogP contribution < -0.4 is 4.74 Å². The number of nitrogens with zero attached hydrogens (tertiary/aromatic N) is 1. The average Bonchev–Trinajstić information content (AvgIpc) is 2.69. The number of non-ortho nitro benzene ring substituents is 1. The SMILES string of the molecule is CCCCCCCCCCCOC(=O)CCCC(=O)Oc1cccc([N+](=O)[O-])c1. The monoisotopic (exact) mass is 407 g/mol. The van der Waals surface area contributed by atoms with Crippen LogP contribution >= 0.6 is 0 Å². The fourth-order valence-electron chi connectivity index (χ4n) is 2.89. The Balaban J connectivity index is 2.02. The van der Waals surface area contributed by atoms with Gasteiger partial charge in [-0.2, -0.15) is 0 Å². The van der Waals surface area contributed by atoms with Gasteiger partial charge in [-0.25, -0.2) is 0 Å². The molecular weight excluding hydrogens is 374 g/mol. The molecule has 1 aromatic carbocycles. The van der Waals surface area contributed by atoms with E-state index in [2.05, 4.69) is 6.92 Å². The lowest BCUT2D eigenvalue weighted by atomic mass is 10.1. The van der Waals surface area contributed by atoms with Crippen molar-refractivity contribution in [2.75, 3.05) is 6.61 Å². The van der Waals surface area contributed by atoms with Crippen molar-refractivity contribution in [1.82, 2.24) is 0 Å². The maximum atomic E-state index is 11.8. The molecule has 0 amide bonds. The van der Waals surface area contributed by atoms with Gasteiger partial charge in [0.05, 0.1) is 17.6 Å². The summed E-state index contributed by atoms with van der Waals surface area (Å²) in [6.45, 7) is 2.64. The van der Waals surface area contributed by atoms with Crippen LogP contribution in [0.15, 0.2) is 24.3 Å². The highest BCUT2D eigenvalue weighted by Gasteiger charge is 2.11. The number of hydrogen-bond acceptors (Lipinski definition) is 6. The standard InChI is InChI=1S/C22H33NO6/c1-2-3-4-5-6-7-8-9-10-17-28-21(24)15-12-16-22(25)29-20-14-11-13-19(18-20)23(26)27/h11,13-14,18H,2-10,12,15-17H2,1H3. The highest BCUT2D eigenvalue weighted by molar-refractivity contribution is 5.74. The minimum absolute atomic E-state index is 0.0514. The molecule has 0 spiro atoms. The lowest BCUT2D eigenvalue weighted by Crippen LogP contribution is -2.10. The molecule has 7 heteroatoms. The number of nitro groups is 1. The first-order chi connectivity index (χ1) is 14.0. The van der Waals surface area contributed by atoms with E-state index in [0.717, 1.165) is 12.8 Å². The molecule has 0 atom stereocenters. The molecule has 7 nitrogen and oxygen atoms in total. The molecule has 162 valence electrons. The van der Waals surface area contributed by atoms with Crippen LogP contribution in [0.25, 0.3) is 0 Å². The number of carbonyl (C=O) groups is 2. The first kappa shape index (κ1) is 24.6. The van der Waals surface area contributed by atoms with Gasteiger partial charge in [-0.3, -0.25) is 19.7 Å². The molecule has 1 aromatic rings. The number of ether oxygens (including phenoxy) is 2. The Labute approximate surface area is 172 Å². The van der Waals surface area contributed by atoms with Gasteiger partial charge in [-0.15, -0.1) is 0 Å². The lowest BCUT2D eigenvalue weighted by molar-refractivity contribution is -0.384. The van der Waals surface area contributed by atoms with Gasteiger partial charge < -0.3 is 9.47 Å². The number of unbranched alkanes of at least 4 members (excludes halogenated alkanes) is 8. The molecule has 0 aliphatic heterocycles. The highest BCUT2D eigenvalue weighted by atomic mass is 16.6. The zero-order valence-corrected chi connectivity index (χ0v) is 17.4. The van der Waals surface area contributed by atoms with Crippen molar-refractivity contribution in [2.24, 2.45) is 0 Å². The van der Waals surface area contributed by atoms with E-state index >= 15 is 0 Å². The fourth-order valence-corrected chi connectivity index (χ4v) is 2.89. The van der Waals surface area contributed by atoms with Gasteiger partial charge in [0.15, 0.2) is 0 Å². The van der Waals surface area contributed by atoms with E-state index in [-0.39, 0.29) is 30.2 Å². The van der Waals surface area contributed by atoms with Crippen molar-refractivity contribution in [2.45, 2.75) is 84.0 Å². The number of rotatable bonds is 16. The van der Waals surface area contributed by atoms with Crippen molar-refractivity contribution in [3.05, 3.63) is 34.4 Å². The van der Waals surface area contributed by atoms with Crippen LogP contribution in [0.3, 0.4) is 0 Å². The Bertz CT molecular complexity index is 631. The van der Waals surface area contributed by atoms with E-state index in [1.54, 1.807) is 0 Å². The van der Waals surface area contributed by atoms with Crippen LogP contribution in [0.2, 0.25) is 0 Å². The van der Waals surface area contributed by atoms with Crippen LogP contribution in [0.5, 0.6) is 5.75 Å². The lowest BCUT2D eigenvalue weighted by Gasteiger charge is -2.06. The summed E-state index contributed by atoms with van der Waals surface area (Å²) >= 11 is 0. The fraction of sp³-hybridized carbons (Fsp3) is 0.636. The summed E-state index contributed by atoms with van der Waals surface area (Å²) < 4.78 is 10.2. The van der Waals surface area contributed by atoms with Gasteiger partial charge in [0.2, 0.25) is 0 Å². The molecule has 0 aromatic heterocycles. The van der Waals surface area contributed by atoms with Crippen molar-refractivity contribution >= 4 is 17.6 Å². The predicted octanol–water partition coefficient (Wildman–Crippen LogP) is 5.74. The third-order valence-electron chi connectivity index (χ3n) is 4.53. The molecular formula is C22H33NO6. The molecule has 0 fully saturated rings. The van der Waals surface area contributed by atoms with Gasteiger partial charge in [-0.1, -0.05) is 64.4 Å². The zero-order chi connectivity index (χ0) is 21.3. The average molecular weight is 408 g/mol. The Kier molecular flexibility index (Phi) is 13.1. The quantitative estimate of drug-likeness (QED) is 0.114. The van der Waals surface area contributed by atoms with E-state index in [9.17, 15) is 19.7 Å². The molecule has 0 unspecified atom stereocenters. The summed E-state index contributed by atoms with van der Waals surface area (Å²) in [7, 11) is 0. The van der Waals surface area contributed by atoms with Crippen LogP contribution in [0.4, 0.5) is 5.69 Å². The predicted molar refractivity (Wildman–Crippen MR) is 111 cm³/mol. The topological polar surface area (TPSA) is 95.7 Å². The summed E-state index contributed by atoms with van der Waals surface area (Å²) in [5.41, 5.74) is -0.143. The molecule has 0 bridgehead atoms. The smallest absolute Gasteiger partial charge is 0.311 e. The van der Waals surface area contributed by atoms with Crippen LogP contribution in [0, 0.1) is 10.1 Å². The van der Waals surface area contributed by atoms with Crippen LogP contribution in [-0.2, 0) is 14.3 Å². The van der Waals surface area contributed by atoms with Crippen molar-refractivity contribution < 1.29 is 24.0 Å². The molecule has 0 saturated carbocycles. The number of esters is 2. The molecule has 0 N–H and O–H groups in total. The summed E-state index contributed by atoms with van der Waals surface area (Å²) in [4.78, 5) is 33.6.